The summed E-state index contributed by atoms with van der Waals surface area (Å²) in [6.07, 6.45) is -2.20. The van der Waals surface area contributed by atoms with Gasteiger partial charge in [-0.1, -0.05) is 0 Å². The van der Waals surface area contributed by atoms with E-state index in [4.69, 9.17) is 5.73 Å². The van der Waals surface area contributed by atoms with Crippen LogP contribution >= 0.6 is 22.6 Å². The SMILES string of the molecule is NCc1c(C(F)F)cc(C=O)nc1I. The van der Waals surface area contributed by atoms with Crippen LogP contribution in [0.1, 0.15) is 28.0 Å². The van der Waals surface area contributed by atoms with Gasteiger partial charge in [0.1, 0.15) is 9.39 Å². The maximum Gasteiger partial charge on any atom is 0.264 e. The molecule has 1 aromatic heterocycles. The minimum absolute atomic E-state index is 0.00176. The summed E-state index contributed by atoms with van der Waals surface area (Å²) in [5, 5.41) is 0. The number of nitrogens with two attached hydrogens (primary N) is 1. The lowest BCUT2D eigenvalue weighted by atomic mass is 10.1. The molecular weight excluding hydrogens is 305 g/mol. The Kier molecular flexibility index (Phi) is 3.87. The summed E-state index contributed by atoms with van der Waals surface area (Å²) in [4.78, 5) is 14.2. The Morgan fingerprint density at radius 3 is 2.71 bits per heavy atom. The van der Waals surface area contributed by atoms with Gasteiger partial charge in [0.05, 0.1) is 0 Å². The first kappa shape index (κ1) is 11.4. The van der Waals surface area contributed by atoms with Crippen LogP contribution in [0.5, 0.6) is 0 Å². The monoisotopic (exact) mass is 312 g/mol. The average Bonchev–Trinajstić information content (AvgIpc) is 2.16. The summed E-state index contributed by atoms with van der Waals surface area (Å²) in [6, 6.07) is 1.07. The van der Waals surface area contributed by atoms with E-state index in [1.807, 2.05) is 0 Å². The molecule has 0 saturated heterocycles. The minimum Gasteiger partial charge on any atom is -0.326 e. The van der Waals surface area contributed by atoms with Crippen molar-refractivity contribution in [1.82, 2.24) is 4.98 Å². The molecule has 0 unspecified atom stereocenters. The molecule has 76 valence electrons. The number of nitrogens with zero attached hydrogens (tertiary/aromatic N) is 1. The first-order valence-electron chi connectivity index (χ1n) is 3.72. The predicted molar refractivity (Wildman–Crippen MR) is 55.2 cm³/mol. The number of aldehydes is 1. The van der Waals surface area contributed by atoms with Crippen molar-refractivity contribution in [2.45, 2.75) is 13.0 Å². The maximum absolute atomic E-state index is 12.5. The molecule has 0 aliphatic rings. The van der Waals surface area contributed by atoms with Gasteiger partial charge in [-0.05, 0) is 28.7 Å². The second-order valence-electron chi connectivity index (χ2n) is 2.53. The highest BCUT2D eigenvalue weighted by Crippen LogP contribution is 2.25. The zero-order valence-electron chi connectivity index (χ0n) is 7.01. The minimum atomic E-state index is -2.64. The lowest BCUT2D eigenvalue weighted by Gasteiger charge is -2.08. The maximum atomic E-state index is 12.5. The molecule has 1 heterocycles. The second-order valence-corrected chi connectivity index (χ2v) is 3.55. The highest BCUT2D eigenvalue weighted by molar-refractivity contribution is 14.1. The van der Waals surface area contributed by atoms with Crippen molar-refractivity contribution < 1.29 is 13.6 Å². The zero-order chi connectivity index (χ0) is 10.7. The van der Waals surface area contributed by atoms with Crippen molar-refractivity contribution in [2.75, 3.05) is 0 Å². The molecule has 0 amide bonds. The molecule has 1 aromatic rings. The van der Waals surface area contributed by atoms with Crippen LogP contribution in [0.3, 0.4) is 0 Å². The van der Waals surface area contributed by atoms with Gasteiger partial charge in [0.15, 0.2) is 6.29 Å². The van der Waals surface area contributed by atoms with E-state index < -0.39 is 6.43 Å². The molecule has 14 heavy (non-hydrogen) atoms. The highest BCUT2D eigenvalue weighted by Gasteiger charge is 2.16. The number of aromatic nitrogens is 1. The van der Waals surface area contributed by atoms with Gasteiger partial charge in [-0.15, -0.1) is 0 Å². The molecule has 0 aliphatic heterocycles. The van der Waals surface area contributed by atoms with Crippen molar-refractivity contribution in [3.8, 4) is 0 Å². The third-order valence-electron chi connectivity index (χ3n) is 1.69. The standard InChI is InChI=1S/C8H7F2IN2O/c9-7(10)5-1-4(3-14)13-8(11)6(5)2-12/h1,3,7H,2,12H2. The van der Waals surface area contributed by atoms with E-state index in [1.54, 1.807) is 22.6 Å². The van der Waals surface area contributed by atoms with Crippen molar-refractivity contribution in [1.29, 1.82) is 0 Å². The number of hydrogen-bond acceptors (Lipinski definition) is 3. The summed E-state index contributed by atoms with van der Waals surface area (Å²) >= 11 is 1.78. The third-order valence-corrected chi connectivity index (χ3v) is 2.58. The van der Waals surface area contributed by atoms with Crippen LogP contribution < -0.4 is 5.73 Å². The summed E-state index contributed by atoms with van der Waals surface area (Å²) in [5.41, 5.74) is 5.40. The van der Waals surface area contributed by atoms with Crippen molar-refractivity contribution in [2.24, 2.45) is 5.73 Å². The van der Waals surface area contributed by atoms with Gasteiger partial charge in [-0.3, -0.25) is 4.79 Å². The Hall–Kier alpha value is -0.630. The van der Waals surface area contributed by atoms with E-state index in [0.29, 0.717) is 15.6 Å². The summed E-state index contributed by atoms with van der Waals surface area (Å²) < 4.78 is 25.4. The van der Waals surface area contributed by atoms with Gasteiger partial charge in [-0.25, -0.2) is 13.8 Å². The number of alkyl halides is 2. The van der Waals surface area contributed by atoms with Crippen LogP contribution in [-0.2, 0) is 6.54 Å². The Balaban J connectivity index is 3.35. The third kappa shape index (κ3) is 2.24. The van der Waals surface area contributed by atoms with E-state index in [2.05, 4.69) is 4.98 Å². The van der Waals surface area contributed by atoms with E-state index in [9.17, 15) is 13.6 Å². The van der Waals surface area contributed by atoms with Crippen LogP contribution in [-0.4, -0.2) is 11.3 Å². The molecule has 0 radical (unpaired) electrons. The first-order chi connectivity index (χ1) is 6.60. The fourth-order valence-corrected chi connectivity index (χ4v) is 1.85. The number of halogens is 3. The zero-order valence-corrected chi connectivity index (χ0v) is 9.16. The molecule has 0 aromatic carbocycles. The van der Waals surface area contributed by atoms with Crippen molar-refractivity contribution in [3.05, 3.63) is 26.6 Å². The van der Waals surface area contributed by atoms with Crippen molar-refractivity contribution >= 4 is 28.9 Å². The van der Waals surface area contributed by atoms with Gasteiger partial charge in [0, 0.05) is 17.7 Å². The van der Waals surface area contributed by atoms with E-state index in [-0.39, 0.29) is 17.8 Å². The molecule has 1 rings (SSSR count). The molecule has 3 nitrogen and oxygen atoms in total. The number of pyridine rings is 1. The number of carbonyl (C=O) groups is 1. The van der Waals surface area contributed by atoms with Crippen LogP contribution in [0.15, 0.2) is 6.07 Å². The lowest BCUT2D eigenvalue weighted by Crippen LogP contribution is -2.08. The molecule has 0 aliphatic carbocycles. The van der Waals surface area contributed by atoms with E-state index in [1.165, 1.54) is 0 Å². The quantitative estimate of drug-likeness (QED) is 0.527. The summed E-state index contributed by atoms with van der Waals surface area (Å²) in [7, 11) is 0. The lowest BCUT2D eigenvalue weighted by molar-refractivity contribution is 0.111. The molecule has 6 heteroatoms. The molecule has 0 bridgehead atoms. The summed E-state index contributed by atoms with van der Waals surface area (Å²) in [6.45, 7) is -0.00984. The fourth-order valence-electron chi connectivity index (χ4n) is 1.04. The molecule has 0 saturated carbocycles. The predicted octanol–water partition coefficient (Wildman–Crippen LogP) is 1.90. The first-order valence-corrected chi connectivity index (χ1v) is 4.80. The van der Waals surface area contributed by atoms with Crippen LogP contribution in [0.2, 0.25) is 0 Å². The molecule has 0 fully saturated rings. The van der Waals surface area contributed by atoms with Crippen LogP contribution in [0.25, 0.3) is 0 Å². The molecule has 2 N–H and O–H groups in total. The van der Waals surface area contributed by atoms with Gasteiger partial charge in [-0.2, -0.15) is 0 Å². The van der Waals surface area contributed by atoms with Gasteiger partial charge < -0.3 is 5.73 Å². The molecule has 0 atom stereocenters. The molecular formula is C8H7F2IN2O. The fraction of sp³-hybridized carbons (Fsp3) is 0.250. The smallest absolute Gasteiger partial charge is 0.264 e. The largest absolute Gasteiger partial charge is 0.326 e. The number of carbonyl (C=O) groups excluding carboxylic acids is 1. The van der Waals surface area contributed by atoms with E-state index >= 15 is 0 Å². The average molecular weight is 312 g/mol. The number of hydrogen-bond donors (Lipinski definition) is 1. The Labute approximate surface area is 92.8 Å². The van der Waals surface area contributed by atoms with Gasteiger partial charge >= 0.3 is 0 Å². The Bertz CT molecular complexity index is 357. The van der Waals surface area contributed by atoms with E-state index in [0.717, 1.165) is 6.07 Å². The molecule has 0 spiro atoms. The number of rotatable bonds is 3. The Morgan fingerprint density at radius 1 is 1.64 bits per heavy atom. The van der Waals surface area contributed by atoms with Gasteiger partial charge in [0.25, 0.3) is 6.43 Å². The second kappa shape index (κ2) is 4.74. The summed E-state index contributed by atoms with van der Waals surface area (Å²) in [5.74, 6) is 0. The van der Waals surface area contributed by atoms with Gasteiger partial charge in [0.2, 0.25) is 0 Å². The van der Waals surface area contributed by atoms with Crippen molar-refractivity contribution in [3.63, 3.8) is 0 Å². The normalized spacial score (nSPS) is 10.6. The van der Waals surface area contributed by atoms with Crippen LogP contribution in [0.4, 0.5) is 8.78 Å². The topological polar surface area (TPSA) is 56.0 Å². The Morgan fingerprint density at radius 2 is 2.29 bits per heavy atom. The van der Waals surface area contributed by atoms with Crippen LogP contribution in [0, 0.1) is 3.70 Å². The highest BCUT2D eigenvalue weighted by atomic mass is 127.